The van der Waals surface area contributed by atoms with Gasteiger partial charge in [-0.25, -0.2) is 9.78 Å². The van der Waals surface area contributed by atoms with Crippen LogP contribution >= 0.6 is 11.6 Å². The number of carboxylic acids is 1. The average Bonchev–Trinajstić information content (AvgIpc) is 3.43. The second kappa shape index (κ2) is 12.4. The number of aromatic nitrogens is 2. The van der Waals surface area contributed by atoms with E-state index < -0.39 is 23.5 Å². The first kappa shape index (κ1) is 27.0. The van der Waals surface area contributed by atoms with Gasteiger partial charge in [0, 0.05) is 49.4 Å². The highest BCUT2D eigenvalue weighted by Gasteiger charge is 2.48. The number of hydrogen-bond acceptors (Lipinski definition) is 4. The van der Waals surface area contributed by atoms with Gasteiger partial charge in [0.1, 0.15) is 6.04 Å². The maximum Gasteiger partial charge on any atom is 0.315 e. The van der Waals surface area contributed by atoms with Gasteiger partial charge in [-0.3, -0.25) is 9.59 Å². The lowest BCUT2D eigenvalue weighted by Gasteiger charge is -2.45. The third kappa shape index (κ3) is 6.83. The molecule has 37 heavy (non-hydrogen) atoms. The molecule has 2 aromatic rings. The number of rotatable bonds is 9. The smallest absolute Gasteiger partial charge is 0.315 e. The Morgan fingerprint density at radius 3 is 2.46 bits per heavy atom. The number of likely N-dealkylation sites (tertiary alicyclic amines) is 1. The number of carboxylic acid groups (broad SMARTS) is 1. The van der Waals surface area contributed by atoms with Gasteiger partial charge in [-0.2, -0.15) is 0 Å². The molecule has 4 N–H and O–H groups in total. The highest BCUT2D eigenvalue weighted by Crippen LogP contribution is 2.46. The Morgan fingerprint density at radius 1 is 1.14 bits per heavy atom. The van der Waals surface area contributed by atoms with Gasteiger partial charge in [0.2, 0.25) is 5.91 Å². The molecule has 1 aromatic carbocycles. The molecular formula is C27H36ClN5O4. The summed E-state index contributed by atoms with van der Waals surface area (Å²) in [5.41, 5.74) is 1.02. The lowest BCUT2D eigenvalue weighted by molar-refractivity contribution is -0.160. The number of nitrogens with zero attached hydrogens (tertiary/aromatic N) is 2. The molecule has 1 saturated heterocycles. The second-order valence-corrected chi connectivity index (χ2v) is 10.7. The molecule has 2 aliphatic rings. The standard InChI is InChI=1S/C27H36ClN5O4/c28-21-8-6-19(7-9-21)16-23(32-26(37)30-13-10-22-17-29-18-31-22)24(34)33-14-11-27(12-15-33,25(35)36)20-4-2-1-3-5-20/h6-9,17-18,20,23H,1-5,10-16H2,(H,29,31)(H,35,36)(H2,30,32,37). The van der Waals surface area contributed by atoms with E-state index in [4.69, 9.17) is 11.6 Å². The molecule has 0 radical (unpaired) electrons. The Kier molecular flexibility index (Phi) is 9.08. The molecule has 1 atom stereocenters. The van der Waals surface area contributed by atoms with Gasteiger partial charge in [0.25, 0.3) is 0 Å². The van der Waals surface area contributed by atoms with Crippen LogP contribution in [-0.4, -0.2) is 63.6 Å². The van der Waals surface area contributed by atoms with Crippen molar-refractivity contribution in [3.63, 3.8) is 0 Å². The van der Waals surface area contributed by atoms with Crippen molar-refractivity contribution in [1.29, 1.82) is 0 Å². The highest BCUT2D eigenvalue weighted by molar-refractivity contribution is 6.30. The molecule has 1 aliphatic heterocycles. The van der Waals surface area contributed by atoms with E-state index in [0.717, 1.165) is 36.9 Å². The predicted octanol–water partition coefficient (Wildman–Crippen LogP) is 3.79. The van der Waals surface area contributed by atoms with Crippen molar-refractivity contribution in [1.82, 2.24) is 25.5 Å². The van der Waals surface area contributed by atoms with Crippen molar-refractivity contribution in [2.24, 2.45) is 11.3 Å². The van der Waals surface area contributed by atoms with Crippen LogP contribution in [0.15, 0.2) is 36.8 Å². The minimum atomic E-state index is -0.777. The number of benzene rings is 1. The first-order chi connectivity index (χ1) is 17.9. The van der Waals surface area contributed by atoms with E-state index in [1.165, 1.54) is 6.42 Å². The minimum Gasteiger partial charge on any atom is -0.481 e. The van der Waals surface area contributed by atoms with E-state index in [0.29, 0.717) is 50.3 Å². The van der Waals surface area contributed by atoms with Gasteiger partial charge in [-0.05, 0) is 49.3 Å². The molecule has 1 aromatic heterocycles. The number of urea groups is 1. The van der Waals surface area contributed by atoms with E-state index >= 15 is 0 Å². The largest absolute Gasteiger partial charge is 0.481 e. The minimum absolute atomic E-state index is 0.166. The van der Waals surface area contributed by atoms with Crippen molar-refractivity contribution >= 4 is 29.5 Å². The number of piperidine rings is 1. The van der Waals surface area contributed by atoms with E-state index in [-0.39, 0.29) is 11.8 Å². The van der Waals surface area contributed by atoms with Crippen molar-refractivity contribution < 1.29 is 19.5 Å². The molecule has 200 valence electrons. The van der Waals surface area contributed by atoms with Crippen LogP contribution in [0.3, 0.4) is 0 Å². The quantitative estimate of drug-likeness (QED) is 0.393. The summed E-state index contributed by atoms with van der Waals surface area (Å²) in [6, 6.07) is 6.00. The summed E-state index contributed by atoms with van der Waals surface area (Å²) >= 11 is 6.02. The molecular weight excluding hydrogens is 494 g/mol. The number of aliphatic carboxylic acids is 1. The van der Waals surface area contributed by atoms with Gasteiger partial charge in [-0.1, -0.05) is 43.0 Å². The Hall–Kier alpha value is -3.07. The van der Waals surface area contributed by atoms with Crippen LogP contribution in [0.4, 0.5) is 4.79 Å². The zero-order valence-corrected chi connectivity index (χ0v) is 21.8. The topological polar surface area (TPSA) is 127 Å². The van der Waals surface area contributed by atoms with Gasteiger partial charge < -0.3 is 25.6 Å². The maximum absolute atomic E-state index is 13.6. The van der Waals surface area contributed by atoms with Gasteiger partial charge >= 0.3 is 12.0 Å². The molecule has 10 heteroatoms. The van der Waals surface area contributed by atoms with Crippen molar-refractivity contribution in [3.05, 3.63) is 53.1 Å². The molecule has 0 spiro atoms. The van der Waals surface area contributed by atoms with Crippen LogP contribution in [0.5, 0.6) is 0 Å². The van der Waals surface area contributed by atoms with Crippen LogP contribution in [-0.2, 0) is 22.4 Å². The fraction of sp³-hybridized carbons (Fsp3) is 0.556. The van der Waals surface area contributed by atoms with Crippen molar-refractivity contribution in [3.8, 4) is 0 Å². The molecule has 2 heterocycles. The summed E-state index contributed by atoms with van der Waals surface area (Å²) in [5.74, 6) is -0.764. The van der Waals surface area contributed by atoms with Crippen LogP contribution in [0, 0.1) is 11.3 Å². The van der Waals surface area contributed by atoms with E-state index in [2.05, 4.69) is 20.6 Å². The third-order valence-electron chi connectivity index (χ3n) is 7.97. The van der Waals surface area contributed by atoms with Gasteiger partial charge in [0.15, 0.2) is 0 Å². The molecule has 1 unspecified atom stereocenters. The summed E-state index contributed by atoms with van der Waals surface area (Å²) in [4.78, 5) is 47.4. The Morgan fingerprint density at radius 2 is 1.84 bits per heavy atom. The SMILES string of the molecule is O=C(NCCc1cnc[nH]1)NC(Cc1ccc(Cl)cc1)C(=O)N1CCC(C(=O)O)(C2CCCCC2)CC1. The normalized spacial score (nSPS) is 18.7. The fourth-order valence-corrected chi connectivity index (χ4v) is 5.92. The van der Waals surface area contributed by atoms with Crippen LogP contribution in [0.25, 0.3) is 0 Å². The molecule has 2 fully saturated rings. The Balaban J connectivity index is 1.40. The number of carbonyl (C=O) groups excluding carboxylic acids is 2. The van der Waals surface area contributed by atoms with E-state index in [1.54, 1.807) is 29.6 Å². The summed E-state index contributed by atoms with van der Waals surface area (Å²) in [7, 11) is 0. The third-order valence-corrected chi connectivity index (χ3v) is 8.22. The summed E-state index contributed by atoms with van der Waals surface area (Å²) in [6.45, 7) is 1.14. The van der Waals surface area contributed by atoms with Crippen molar-refractivity contribution in [2.45, 2.75) is 63.8 Å². The zero-order valence-electron chi connectivity index (χ0n) is 21.0. The Labute approximate surface area is 222 Å². The van der Waals surface area contributed by atoms with Gasteiger partial charge in [-0.15, -0.1) is 0 Å². The first-order valence-corrected chi connectivity index (χ1v) is 13.5. The lowest BCUT2D eigenvalue weighted by Crippen LogP contribution is -2.56. The van der Waals surface area contributed by atoms with Gasteiger partial charge in [0.05, 0.1) is 11.7 Å². The molecule has 9 nitrogen and oxygen atoms in total. The summed E-state index contributed by atoms with van der Waals surface area (Å²) in [5, 5.41) is 16.4. The molecule has 0 bridgehead atoms. The molecule has 4 rings (SSSR count). The highest BCUT2D eigenvalue weighted by atomic mass is 35.5. The van der Waals surface area contributed by atoms with E-state index in [1.807, 2.05) is 12.1 Å². The summed E-state index contributed by atoms with van der Waals surface area (Å²) < 4.78 is 0. The number of aromatic amines is 1. The monoisotopic (exact) mass is 529 g/mol. The number of halogens is 1. The van der Waals surface area contributed by atoms with Crippen LogP contribution < -0.4 is 10.6 Å². The van der Waals surface area contributed by atoms with E-state index in [9.17, 15) is 19.5 Å². The number of hydrogen-bond donors (Lipinski definition) is 4. The molecule has 1 saturated carbocycles. The van der Waals surface area contributed by atoms with Crippen LogP contribution in [0.1, 0.15) is 56.2 Å². The number of amides is 3. The van der Waals surface area contributed by atoms with Crippen molar-refractivity contribution in [2.75, 3.05) is 19.6 Å². The zero-order chi connectivity index (χ0) is 26.3. The Bertz CT molecular complexity index is 1050. The average molecular weight is 530 g/mol. The fourth-order valence-electron chi connectivity index (χ4n) is 5.80. The number of nitrogens with one attached hydrogen (secondary N) is 3. The maximum atomic E-state index is 13.6. The first-order valence-electron chi connectivity index (χ1n) is 13.2. The van der Waals surface area contributed by atoms with Crippen LogP contribution in [0.2, 0.25) is 5.02 Å². The molecule has 3 amide bonds. The lowest BCUT2D eigenvalue weighted by atomic mass is 9.64. The molecule has 1 aliphatic carbocycles. The number of carbonyl (C=O) groups is 3. The predicted molar refractivity (Wildman–Crippen MR) is 140 cm³/mol. The number of H-pyrrole nitrogens is 1. The second-order valence-electron chi connectivity index (χ2n) is 10.2. The summed E-state index contributed by atoms with van der Waals surface area (Å²) in [6.07, 6.45) is 10.3. The number of imidazole rings is 1.